The van der Waals surface area contributed by atoms with E-state index in [4.69, 9.17) is 9.47 Å². The van der Waals surface area contributed by atoms with Crippen LogP contribution in [-0.2, 0) is 14.3 Å². The maximum atomic E-state index is 11.3. The van der Waals surface area contributed by atoms with Crippen molar-refractivity contribution in [1.29, 1.82) is 0 Å². The fourth-order valence-corrected chi connectivity index (χ4v) is 1.70. The van der Waals surface area contributed by atoms with Gasteiger partial charge in [0.1, 0.15) is 6.61 Å². The Morgan fingerprint density at radius 3 is 2.37 bits per heavy atom. The molecule has 0 bridgehead atoms. The van der Waals surface area contributed by atoms with Crippen LogP contribution >= 0.6 is 0 Å². The van der Waals surface area contributed by atoms with Gasteiger partial charge in [0.2, 0.25) is 5.91 Å². The normalized spacial score (nSPS) is 10.9. The van der Waals surface area contributed by atoms with Crippen LogP contribution in [0.5, 0.6) is 0 Å². The van der Waals surface area contributed by atoms with Gasteiger partial charge in [-0.3, -0.25) is 4.79 Å². The number of amides is 1. The van der Waals surface area contributed by atoms with E-state index in [1.165, 1.54) is 25.7 Å². The highest BCUT2D eigenvalue weighted by Gasteiger charge is 2.01. The second-order valence-electron chi connectivity index (χ2n) is 5.03. The summed E-state index contributed by atoms with van der Waals surface area (Å²) in [6.07, 6.45) is 7.26. The van der Waals surface area contributed by atoms with E-state index in [0.29, 0.717) is 0 Å². The lowest BCUT2D eigenvalue weighted by molar-refractivity contribution is -0.127. The van der Waals surface area contributed by atoms with Crippen LogP contribution < -0.4 is 5.32 Å². The lowest BCUT2D eigenvalue weighted by Crippen LogP contribution is -2.29. The summed E-state index contributed by atoms with van der Waals surface area (Å²) in [5.41, 5.74) is 0. The molecule has 4 heteroatoms. The smallest absolute Gasteiger partial charge is 0.246 e. The summed E-state index contributed by atoms with van der Waals surface area (Å²) in [5, 5.41) is 2.87. The molecule has 1 amide bonds. The maximum Gasteiger partial charge on any atom is 0.246 e. The van der Waals surface area contributed by atoms with Gasteiger partial charge in [0.25, 0.3) is 0 Å². The molecule has 1 N–H and O–H groups in total. The van der Waals surface area contributed by atoms with E-state index in [0.717, 1.165) is 32.6 Å². The Balaban J connectivity index is 0. The van der Waals surface area contributed by atoms with E-state index >= 15 is 0 Å². The zero-order chi connectivity index (χ0) is 14.3. The zero-order valence-corrected chi connectivity index (χ0v) is 12.9. The highest BCUT2D eigenvalue weighted by Crippen LogP contribution is 2.05. The van der Waals surface area contributed by atoms with Gasteiger partial charge < -0.3 is 14.8 Å². The van der Waals surface area contributed by atoms with Gasteiger partial charge in [-0.2, -0.15) is 0 Å². The van der Waals surface area contributed by atoms with Crippen LogP contribution in [0.1, 0.15) is 60.7 Å². The molecule has 0 aromatic heterocycles. The summed E-state index contributed by atoms with van der Waals surface area (Å²) in [7, 11) is 0. The van der Waals surface area contributed by atoms with E-state index in [1.807, 2.05) is 20.8 Å². The first-order valence-corrected chi connectivity index (χ1v) is 7.62. The van der Waals surface area contributed by atoms with Crippen molar-refractivity contribution >= 4 is 5.91 Å². The average Bonchev–Trinajstić information content (AvgIpc) is 2.38. The number of unbranched alkanes of at least 4 members (excludes halogenated alkanes) is 5. The number of nitrogens with one attached hydrogen (secondary N) is 1. The standard InChI is InChI=1S/C15H31NO3.H2/c1-4-18-12-10-8-6-5-7-9-11-16-15(17)13-19-14(2)3;/h14H,4-13H2,1-3H3,(H,16,17);1H. The van der Waals surface area contributed by atoms with Crippen molar-refractivity contribution in [1.82, 2.24) is 5.32 Å². The topological polar surface area (TPSA) is 47.6 Å². The van der Waals surface area contributed by atoms with E-state index in [1.54, 1.807) is 0 Å². The van der Waals surface area contributed by atoms with Crippen LogP contribution in [0.4, 0.5) is 0 Å². The molecular weight excluding hydrogens is 242 g/mol. The van der Waals surface area contributed by atoms with E-state index in [9.17, 15) is 4.79 Å². The van der Waals surface area contributed by atoms with Crippen LogP contribution in [0.15, 0.2) is 0 Å². The molecule has 0 aliphatic heterocycles. The number of carbonyl (C=O) groups is 1. The monoisotopic (exact) mass is 275 g/mol. The predicted octanol–water partition coefficient (Wildman–Crippen LogP) is 3.15. The molecule has 0 saturated heterocycles. The lowest BCUT2D eigenvalue weighted by atomic mass is 10.1. The third-order valence-electron chi connectivity index (χ3n) is 2.79. The number of rotatable bonds is 13. The van der Waals surface area contributed by atoms with Crippen molar-refractivity contribution in [2.24, 2.45) is 0 Å². The predicted molar refractivity (Wildman–Crippen MR) is 80.4 cm³/mol. The Kier molecular flexibility index (Phi) is 13.4. The summed E-state index contributed by atoms with van der Waals surface area (Å²) in [6, 6.07) is 0. The number of hydrogen-bond acceptors (Lipinski definition) is 3. The molecule has 0 rings (SSSR count). The van der Waals surface area contributed by atoms with Gasteiger partial charge in [0, 0.05) is 21.2 Å². The third kappa shape index (κ3) is 15.3. The van der Waals surface area contributed by atoms with Crippen molar-refractivity contribution in [3.05, 3.63) is 0 Å². The molecule has 0 aromatic rings. The Morgan fingerprint density at radius 2 is 1.74 bits per heavy atom. The van der Waals surface area contributed by atoms with E-state index < -0.39 is 0 Å². The lowest BCUT2D eigenvalue weighted by Gasteiger charge is -2.08. The largest absolute Gasteiger partial charge is 0.382 e. The van der Waals surface area contributed by atoms with Crippen LogP contribution in [0, 0.1) is 0 Å². The minimum Gasteiger partial charge on any atom is -0.382 e. The molecule has 0 aromatic carbocycles. The minimum atomic E-state index is -0.00888. The molecule has 0 aliphatic carbocycles. The van der Waals surface area contributed by atoms with E-state index in [-0.39, 0.29) is 20.0 Å². The Morgan fingerprint density at radius 1 is 1.11 bits per heavy atom. The summed E-state index contributed by atoms with van der Waals surface area (Å²) in [4.78, 5) is 11.3. The zero-order valence-electron chi connectivity index (χ0n) is 12.9. The summed E-state index contributed by atoms with van der Waals surface area (Å²) < 4.78 is 10.5. The fraction of sp³-hybridized carbons (Fsp3) is 0.933. The van der Waals surface area contributed by atoms with Gasteiger partial charge in [-0.05, 0) is 33.6 Å². The van der Waals surface area contributed by atoms with Gasteiger partial charge in [-0.25, -0.2) is 0 Å². The Labute approximate surface area is 119 Å². The van der Waals surface area contributed by atoms with Crippen molar-refractivity contribution in [2.45, 2.75) is 65.4 Å². The van der Waals surface area contributed by atoms with E-state index in [2.05, 4.69) is 5.32 Å². The average molecular weight is 275 g/mol. The molecule has 19 heavy (non-hydrogen) atoms. The molecule has 0 fully saturated rings. The molecule has 4 nitrogen and oxygen atoms in total. The van der Waals surface area contributed by atoms with Crippen LogP contribution in [0.2, 0.25) is 0 Å². The highest BCUT2D eigenvalue weighted by atomic mass is 16.5. The molecule has 116 valence electrons. The van der Waals surface area contributed by atoms with Gasteiger partial charge in [-0.15, -0.1) is 0 Å². The Bertz CT molecular complexity index is 213. The minimum absolute atomic E-state index is 0. The van der Waals surface area contributed by atoms with Crippen LogP contribution in [0.3, 0.4) is 0 Å². The van der Waals surface area contributed by atoms with Gasteiger partial charge in [0.05, 0.1) is 6.10 Å². The fourth-order valence-electron chi connectivity index (χ4n) is 1.70. The van der Waals surface area contributed by atoms with Gasteiger partial charge in [-0.1, -0.05) is 25.7 Å². The first-order chi connectivity index (χ1) is 9.16. The molecule has 0 aliphatic rings. The molecule has 0 unspecified atom stereocenters. The summed E-state index contributed by atoms with van der Waals surface area (Å²) >= 11 is 0. The van der Waals surface area contributed by atoms with Crippen molar-refractivity contribution in [3.8, 4) is 0 Å². The molecule has 0 radical (unpaired) electrons. The number of ether oxygens (including phenoxy) is 2. The third-order valence-corrected chi connectivity index (χ3v) is 2.79. The summed E-state index contributed by atoms with van der Waals surface area (Å²) in [6.45, 7) is 8.54. The van der Waals surface area contributed by atoms with Gasteiger partial charge >= 0.3 is 0 Å². The first-order valence-electron chi connectivity index (χ1n) is 7.62. The second kappa shape index (κ2) is 13.8. The molecule has 0 spiro atoms. The second-order valence-corrected chi connectivity index (χ2v) is 5.03. The first kappa shape index (κ1) is 18.4. The molecular formula is C15H33NO3. The maximum absolute atomic E-state index is 11.3. The van der Waals surface area contributed by atoms with Crippen molar-refractivity contribution in [2.75, 3.05) is 26.4 Å². The molecule has 0 saturated carbocycles. The highest BCUT2D eigenvalue weighted by molar-refractivity contribution is 5.77. The Hall–Kier alpha value is -0.610. The quantitative estimate of drug-likeness (QED) is 0.525. The van der Waals surface area contributed by atoms with Crippen LogP contribution in [0.25, 0.3) is 0 Å². The van der Waals surface area contributed by atoms with Gasteiger partial charge in [0.15, 0.2) is 0 Å². The molecule has 0 atom stereocenters. The number of carbonyl (C=O) groups excluding carboxylic acids is 1. The SMILES string of the molecule is CCOCCCCCCCCNC(=O)COC(C)C.[HH]. The van der Waals surface area contributed by atoms with Crippen molar-refractivity contribution < 1.29 is 15.7 Å². The van der Waals surface area contributed by atoms with Crippen molar-refractivity contribution in [3.63, 3.8) is 0 Å². The summed E-state index contributed by atoms with van der Waals surface area (Å²) in [5.74, 6) is -0.00888. The van der Waals surface area contributed by atoms with Crippen LogP contribution in [-0.4, -0.2) is 38.4 Å². The molecule has 0 heterocycles. The number of hydrogen-bond donors (Lipinski definition) is 1.